The second-order valence-electron chi connectivity index (χ2n) is 9.95. The van der Waals surface area contributed by atoms with Gasteiger partial charge in [-0.2, -0.15) is 5.10 Å². The second-order valence-corrected chi connectivity index (χ2v) is 9.95. The van der Waals surface area contributed by atoms with E-state index in [2.05, 4.69) is 17.3 Å². The summed E-state index contributed by atoms with van der Waals surface area (Å²) in [5.74, 6) is 2.53. The fourth-order valence-electron chi connectivity index (χ4n) is 6.95. The summed E-state index contributed by atoms with van der Waals surface area (Å²) in [4.78, 5) is 23.7. The molecule has 4 saturated carbocycles. The van der Waals surface area contributed by atoms with Gasteiger partial charge in [-0.1, -0.05) is 19.1 Å². The molecule has 1 unspecified atom stereocenters. The molecule has 4 bridgehead atoms. The van der Waals surface area contributed by atoms with Crippen molar-refractivity contribution in [3.63, 3.8) is 0 Å². The molecule has 4 aliphatic rings. The Labute approximate surface area is 187 Å². The lowest BCUT2D eigenvalue weighted by molar-refractivity contribution is -0.386. The number of rotatable bonds is 8. The van der Waals surface area contributed by atoms with Crippen LogP contribution in [0.2, 0.25) is 0 Å². The van der Waals surface area contributed by atoms with Gasteiger partial charge in [-0.15, -0.1) is 0 Å². The highest BCUT2D eigenvalue weighted by Crippen LogP contribution is 2.61. The zero-order valence-corrected chi connectivity index (χ0v) is 18.4. The summed E-state index contributed by atoms with van der Waals surface area (Å²) >= 11 is 0. The minimum Gasteiger partial charge on any atom is -0.464 e. The summed E-state index contributed by atoms with van der Waals surface area (Å²) in [5.41, 5.74) is 0.496. The van der Waals surface area contributed by atoms with Gasteiger partial charge in [0.25, 0.3) is 5.91 Å². The van der Waals surface area contributed by atoms with Gasteiger partial charge in [0.05, 0.1) is 4.92 Å². The van der Waals surface area contributed by atoms with Crippen molar-refractivity contribution >= 4 is 11.6 Å². The highest BCUT2D eigenvalue weighted by Gasteiger charge is 2.54. The number of carbonyl (C=O) groups excluding carboxylic acids is 1. The molecule has 1 aromatic heterocycles. The van der Waals surface area contributed by atoms with Crippen LogP contribution in [-0.4, -0.2) is 26.7 Å². The highest BCUT2D eigenvalue weighted by atomic mass is 16.6. The van der Waals surface area contributed by atoms with E-state index in [1.165, 1.54) is 49.3 Å². The number of para-hydroxylation sites is 2. The van der Waals surface area contributed by atoms with Crippen LogP contribution in [0.1, 0.15) is 62.4 Å². The quantitative estimate of drug-likeness (QED) is 0.481. The van der Waals surface area contributed by atoms with Crippen molar-refractivity contribution in [2.24, 2.45) is 23.2 Å². The van der Waals surface area contributed by atoms with Gasteiger partial charge in [0, 0.05) is 18.3 Å². The summed E-state index contributed by atoms with van der Waals surface area (Å²) < 4.78 is 7.06. The van der Waals surface area contributed by atoms with Crippen molar-refractivity contribution in [2.75, 3.05) is 0 Å². The van der Waals surface area contributed by atoms with Crippen LogP contribution in [0.3, 0.4) is 0 Å². The van der Waals surface area contributed by atoms with Gasteiger partial charge in [0.1, 0.15) is 5.69 Å². The first-order chi connectivity index (χ1) is 15.5. The summed E-state index contributed by atoms with van der Waals surface area (Å²) in [6, 6.07) is 8.07. The number of ether oxygens (including phenoxy) is 1. The van der Waals surface area contributed by atoms with Crippen molar-refractivity contribution in [1.29, 1.82) is 0 Å². The molecule has 0 aliphatic heterocycles. The predicted molar refractivity (Wildman–Crippen MR) is 118 cm³/mol. The molecule has 8 heteroatoms. The lowest BCUT2D eigenvalue weighted by atomic mass is 9.47. The first kappa shape index (κ1) is 21.0. The van der Waals surface area contributed by atoms with Gasteiger partial charge in [0.2, 0.25) is 0 Å². The second kappa shape index (κ2) is 8.22. The Morgan fingerprint density at radius 1 is 1.22 bits per heavy atom. The average molecular weight is 439 g/mol. The maximum Gasteiger partial charge on any atom is 0.311 e. The van der Waals surface area contributed by atoms with Crippen molar-refractivity contribution in [1.82, 2.24) is 15.1 Å². The Kier molecular flexibility index (Phi) is 5.39. The van der Waals surface area contributed by atoms with Crippen molar-refractivity contribution < 1.29 is 14.5 Å². The van der Waals surface area contributed by atoms with Crippen LogP contribution in [0.4, 0.5) is 5.69 Å². The number of nitro benzene ring substituents is 1. The summed E-state index contributed by atoms with van der Waals surface area (Å²) in [7, 11) is 0. The number of aromatic nitrogens is 2. The molecule has 6 rings (SSSR count). The SMILES string of the molecule is CCC(NC(=O)c1ccn(COc2ccccc2[N+](=O)[O-])n1)C12CC3CC(CC(C3)C1)C2. The molecule has 2 aromatic rings. The summed E-state index contributed by atoms with van der Waals surface area (Å²) in [6.45, 7) is 2.16. The first-order valence-corrected chi connectivity index (χ1v) is 11.7. The lowest BCUT2D eigenvalue weighted by Crippen LogP contribution is -2.56. The Morgan fingerprint density at radius 3 is 2.50 bits per heavy atom. The van der Waals surface area contributed by atoms with Crippen LogP contribution in [0, 0.1) is 33.3 Å². The molecule has 1 amide bonds. The number of hydrogen-bond donors (Lipinski definition) is 1. The molecule has 1 N–H and O–H groups in total. The molecule has 0 radical (unpaired) electrons. The lowest BCUT2D eigenvalue weighted by Gasteiger charge is -2.59. The first-order valence-electron chi connectivity index (χ1n) is 11.7. The number of benzene rings is 1. The minimum atomic E-state index is -0.480. The molecule has 1 atom stereocenters. The number of carbonyl (C=O) groups is 1. The number of nitro groups is 1. The van der Waals surface area contributed by atoms with Crippen LogP contribution in [0.5, 0.6) is 5.75 Å². The number of nitrogens with one attached hydrogen (secondary N) is 1. The zero-order valence-electron chi connectivity index (χ0n) is 18.4. The van der Waals surface area contributed by atoms with E-state index in [0.717, 1.165) is 24.2 Å². The Morgan fingerprint density at radius 2 is 1.88 bits per heavy atom. The third-order valence-corrected chi connectivity index (χ3v) is 7.83. The van der Waals surface area contributed by atoms with Crippen LogP contribution in [0.15, 0.2) is 36.5 Å². The molecular formula is C24H30N4O4. The van der Waals surface area contributed by atoms with Crippen LogP contribution in [0.25, 0.3) is 0 Å². The molecule has 32 heavy (non-hydrogen) atoms. The van der Waals surface area contributed by atoms with Gasteiger partial charge >= 0.3 is 5.69 Å². The van der Waals surface area contributed by atoms with E-state index in [0.29, 0.717) is 5.69 Å². The summed E-state index contributed by atoms with van der Waals surface area (Å²) in [5, 5.41) is 18.8. The van der Waals surface area contributed by atoms with Crippen molar-refractivity contribution in [2.45, 2.75) is 64.6 Å². The maximum atomic E-state index is 13.0. The molecular weight excluding hydrogens is 408 g/mol. The monoisotopic (exact) mass is 438 g/mol. The van der Waals surface area contributed by atoms with Gasteiger partial charge < -0.3 is 10.1 Å². The molecule has 170 valence electrons. The highest BCUT2D eigenvalue weighted by molar-refractivity contribution is 5.92. The van der Waals surface area contributed by atoms with Crippen molar-refractivity contribution in [3.8, 4) is 5.75 Å². The molecule has 0 saturated heterocycles. The predicted octanol–water partition coefficient (Wildman–Crippen LogP) is 4.55. The number of amides is 1. The van der Waals surface area contributed by atoms with Crippen LogP contribution in [-0.2, 0) is 6.73 Å². The zero-order chi connectivity index (χ0) is 22.3. The van der Waals surface area contributed by atoms with E-state index < -0.39 is 4.92 Å². The molecule has 0 spiro atoms. The smallest absolute Gasteiger partial charge is 0.311 e. The fourth-order valence-corrected chi connectivity index (χ4v) is 6.95. The average Bonchev–Trinajstić information content (AvgIpc) is 3.24. The third-order valence-electron chi connectivity index (χ3n) is 7.83. The normalized spacial score (nSPS) is 29.0. The minimum absolute atomic E-state index is 0.00961. The van der Waals surface area contributed by atoms with Gasteiger partial charge in [-0.25, -0.2) is 4.68 Å². The molecule has 4 fully saturated rings. The van der Waals surface area contributed by atoms with E-state index in [-0.39, 0.29) is 35.5 Å². The number of hydrogen-bond acceptors (Lipinski definition) is 5. The Hall–Kier alpha value is -2.90. The van der Waals surface area contributed by atoms with Gasteiger partial charge in [0.15, 0.2) is 12.5 Å². The third kappa shape index (κ3) is 3.87. The Balaban J connectivity index is 1.24. The largest absolute Gasteiger partial charge is 0.464 e. The maximum absolute atomic E-state index is 13.0. The van der Waals surface area contributed by atoms with E-state index >= 15 is 0 Å². The Bertz CT molecular complexity index is 982. The number of nitrogens with zero attached hydrogens (tertiary/aromatic N) is 3. The van der Waals surface area contributed by atoms with E-state index in [1.807, 2.05) is 0 Å². The molecule has 1 heterocycles. The summed E-state index contributed by atoms with van der Waals surface area (Å²) in [6.07, 6.45) is 10.5. The fraction of sp³-hybridized carbons (Fsp3) is 0.583. The molecule has 8 nitrogen and oxygen atoms in total. The van der Waals surface area contributed by atoms with Crippen molar-refractivity contribution in [3.05, 3.63) is 52.3 Å². The van der Waals surface area contributed by atoms with E-state index in [1.54, 1.807) is 30.5 Å². The van der Waals surface area contributed by atoms with Gasteiger partial charge in [-0.05, 0) is 80.2 Å². The van der Waals surface area contributed by atoms with Crippen LogP contribution < -0.4 is 10.1 Å². The van der Waals surface area contributed by atoms with E-state index in [4.69, 9.17) is 4.74 Å². The standard InChI is InChI=1S/C24H30N4O4/c1-2-22(24-12-16-9-17(13-24)11-18(10-16)14-24)25-23(29)19-7-8-27(26-19)15-32-21-6-4-3-5-20(21)28(30)31/h3-8,16-18,22H,2,9-15H2,1H3,(H,25,29). The van der Waals surface area contributed by atoms with Gasteiger partial charge in [-0.3, -0.25) is 14.9 Å². The van der Waals surface area contributed by atoms with Crippen LogP contribution >= 0.6 is 0 Å². The molecule has 1 aromatic carbocycles. The topological polar surface area (TPSA) is 99.3 Å². The van der Waals surface area contributed by atoms with E-state index in [9.17, 15) is 14.9 Å². The molecule has 4 aliphatic carbocycles.